The molecule has 3 nitrogen and oxygen atoms in total. The van der Waals surface area contributed by atoms with E-state index in [0.29, 0.717) is 6.54 Å². The van der Waals surface area contributed by atoms with Gasteiger partial charge in [0.1, 0.15) is 5.75 Å². The van der Waals surface area contributed by atoms with Gasteiger partial charge in [-0.25, -0.2) is 0 Å². The third-order valence-corrected chi connectivity index (χ3v) is 2.58. The SMILES string of the molecule is CC(C)Oc1ccc(-c2ccc(CN)cn2)cc1. The van der Waals surface area contributed by atoms with Crippen LogP contribution >= 0.6 is 0 Å². The average molecular weight is 242 g/mol. The summed E-state index contributed by atoms with van der Waals surface area (Å²) >= 11 is 0. The van der Waals surface area contributed by atoms with Crippen LogP contribution in [-0.4, -0.2) is 11.1 Å². The Bertz CT molecular complexity index is 489. The number of rotatable bonds is 4. The van der Waals surface area contributed by atoms with Gasteiger partial charge in [-0.2, -0.15) is 0 Å². The molecule has 1 aromatic heterocycles. The maximum absolute atomic E-state index is 5.60. The summed E-state index contributed by atoms with van der Waals surface area (Å²) < 4.78 is 5.60. The first-order valence-corrected chi connectivity index (χ1v) is 6.11. The molecule has 1 aromatic carbocycles. The third kappa shape index (κ3) is 3.08. The first kappa shape index (κ1) is 12.6. The van der Waals surface area contributed by atoms with Crippen LogP contribution in [0.1, 0.15) is 19.4 Å². The van der Waals surface area contributed by atoms with Crippen LogP contribution in [0.15, 0.2) is 42.6 Å². The average Bonchev–Trinajstić information content (AvgIpc) is 2.39. The van der Waals surface area contributed by atoms with Crippen LogP contribution in [0.3, 0.4) is 0 Å². The van der Waals surface area contributed by atoms with Gasteiger partial charge in [-0.1, -0.05) is 6.07 Å². The minimum Gasteiger partial charge on any atom is -0.491 e. The molecule has 0 atom stereocenters. The van der Waals surface area contributed by atoms with Gasteiger partial charge in [0.2, 0.25) is 0 Å². The van der Waals surface area contributed by atoms with E-state index in [1.165, 1.54) is 0 Å². The van der Waals surface area contributed by atoms with E-state index in [1.807, 2.05) is 56.4 Å². The number of pyridine rings is 1. The van der Waals surface area contributed by atoms with Crippen LogP contribution in [0.4, 0.5) is 0 Å². The number of benzene rings is 1. The first-order chi connectivity index (χ1) is 8.69. The molecule has 18 heavy (non-hydrogen) atoms. The first-order valence-electron chi connectivity index (χ1n) is 6.11. The smallest absolute Gasteiger partial charge is 0.119 e. The Morgan fingerprint density at radius 1 is 1.11 bits per heavy atom. The van der Waals surface area contributed by atoms with Gasteiger partial charge in [0.25, 0.3) is 0 Å². The second kappa shape index (κ2) is 5.65. The van der Waals surface area contributed by atoms with Crippen molar-refractivity contribution < 1.29 is 4.74 Å². The molecule has 2 aromatic rings. The highest BCUT2D eigenvalue weighted by Crippen LogP contribution is 2.21. The lowest BCUT2D eigenvalue weighted by molar-refractivity contribution is 0.242. The van der Waals surface area contributed by atoms with Crippen molar-refractivity contribution in [3.63, 3.8) is 0 Å². The molecular formula is C15H18N2O. The van der Waals surface area contributed by atoms with E-state index in [-0.39, 0.29) is 6.10 Å². The van der Waals surface area contributed by atoms with Crippen molar-refractivity contribution in [2.75, 3.05) is 0 Å². The number of hydrogen-bond donors (Lipinski definition) is 1. The second-order valence-electron chi connectivity index (χ2n) is 4.45. The van der Waals surface area contributed by atoms with Crippen molar-refractivity contribution in [3.8, 4) is 17.0 Å². The largest absolute Gasteiger partial charge is 0.491 e. The molecule has 0 aliphatic heterocycles. The molecule has 0 saturated carbocycles. The van der Waals surface area contributed by atoms with Crippen LogP contribution in [-0.2, 0) is 6.54 Å². The van der Waals surface area contributed by atoms with E-state index in [1.54, 1.807) is 0 Å². The number of hydrogen-bond acceptors (Lipinski definition) is 3. The molecular weight excluding hydrogens is 224 g/mol. The lowest BCUT2D eigenvalue weighted by atomic mass is 10.1. The van der Waals surface area contributed by atoms with Crippen LogP contribution in [0.5, 0.6) is 5.75 Å². The zero-order valence-corrected chi connectivity index (χ0v) is 10.8. The molecule has 94 valence electrons. The zero-order valence-electron chi connectivity index (χ0n) is 10.8. The standard InChI is InChI=1S/C15H18N2O/c1-11(2)18-14-6-4-13(5-7-14)15-8-3-12(9-16)10-17-15/h3-8,10-11H,9,16H2,1-2H3. The highest BCUT2D eigenvalue weighted by molar-refractivity contribution is 5.60. The zero-order chi connectivity index (χ0) is 13.0. The van der Waals surface area contributed by atoms with Crippen molar-refractivity contribution in [1.29, 1.82) is 0 Å². The quantitative estimate of drug-likeness (QED) is 0.896. The lowest BCUT2D eigenvalue weighted by Gasteiger charge is -2.10. The molecule has 0 saturated heterocycles. The van der Waals surface area contributed by atoms with Crippen molar-refractivity contribution >= 4 is 0 Å². The fourth-order valence-electron chi connectivity index (χ4n) is 1.69. The lowest BCUT2D eigenvalue weighted by Crippen LogP contribution is -2.05. The summed E-state index contributed by atoms with van der Waals surface area (Å²) in [6.07, 6.45) is 2.01. The fourth-order valence-corrected chi connectivity index (χ4v) is 1.69. The van der Waals surface area contributed by atoms with E-state index in [0.717, 1.165) is 22.6 Å². The molecule has 0 bridgehead atoms. The van der Waals surface area contributed by atoms with Gasteiger partial charge in [-0.15, -0.1) is 0 Å². The molecule has 0 radical (unpaired) electrons. The molecule has 3 heteroatoms. The predicted octanol–water partition coefficient (Wildman–Crippen LogP) is 2.99. The maximum atomic E-state index is 5.60. The summed E-state index contributed by atoms with van der Waals surface area (Å²) in [5.41, 5.74) is 8.61. The van der Waals surface area contributed by atoms with Crippen LogP contribution in [0.25, 0.3) is 11.3 Å². The molecule has 2 rings (SSSR count). The highest BCUT2D eigenvalue weighted by atomic mass is 16.5. The van der Waals surface area contributed by atoms with Gasteiger partial charge in [0.05, 0.1) is 11.8 Å². The van der Waals surface area contributed by atoms with Crippen molar-refractivity contribution in [2.24, 2.45) is 5.73 Å². The van der Waals surface area contributed by atoms with Gasteiger partial charge >= 0.3 is 0 Å². The van der Waals surface area contributed by atoms with E-state index in [2.05, 4.69) is 4.98 Å². The molecule has 0 fully saturated rings. The normalized spacial score (nSPS) is 10.7. The van der Waals surface area contributed by atoms with E-state index >= 15 is 0 Å². The van der Waals surface area contributed by atoms with E-state index in [4.69, 9.17) is 10.5 Å². The Kier molecular flexibility index (Phi) is 3.95. The molecule has 0 spiro atoms. The fraction of sp³-hybridized carbons (Fsp3) is 0.267. The van der Waals surface area contributed by atoms with Gasteiger partial charge in [-0.3, -0.25) is 4.98 Å². The number of nitrogens with two attached hydrogens (primary N) is 1. The summed E-state index contributed by atoms with van der Waals surface area (Å²) in [5.74, 6) is 0.882. The maximum Gasteiger partial charge on any atom is 0.119 e. The van der Waals surface area contributed by atoms with Gasteiger partial charge in [0, 0.05) is 18.3 Å². The van der Waals surface area contributed by atoms with E-state index in [9.17, 15) is 0 Å². The Labute approximate surface area is 108 Å². The minimum atomic E-state index is 0.192. The van der Waals surface area contributed by atoms with Crippen molar-refractivity contribution in [2.45, 2.75) is 26.5 Å². The molecule has 0 aliphatic rings. The number of nitrogens with zero attached hydrogens (tertiary/aromatic N) is 1. The molecule has 2 N–H and O–H groups in total. The molecule has 1 heterocycles. The molecule has 0 amide bonds. The molecule has 0 unspecified atom stereocenters. The van der Waals surface area contributed by atoms with E-state index < -0.39 is 0 Å². The predicted molar refractivity (Wildman–Crippen MR) is 73.3 cm³/mol. The Morgan fingerprint density at radius 3 is 2.33 bits per heavy atom. The Morgan fingerprint density at radius 2 is 1.83 bits per heavy atom. The Balaban J connectivity index is 2.17. The minimum absolute atomic E-state index is 0.192. The summed E-state index contributed by atoms with van der Waals surface area (Å²) in [7, 11) is 0. The summed E-state index contributed by atoms with van der Waals surface area (Å²) in [6, 6.07) is 12.0. The summed E-state index contributed by atoms with van der Waals surface area (Å²) in [5, 5.41) is 0. The summed E-state index contributed by atoms with van der Waals surface area (Å²) in [4.78, 5) is 4.39. The van der Waals surface area contributed by atoms with Crippen molar-refractivity contribution in [3.05, 3.63) is 48.2 Å². The van der Waals surface area contributed by atoms with Gasteiger partial charge in [0.15, 0.2) is 0 Å². The monoisotopic (exact) mass is 242 g/mol. The molecule has 0 aliphatic carbocycles. The van der Waals surface area contributed by atoms with Gasteiger partial charge in [-0.05, 0) is 49.7 Å². The topological polar surface area (TPSA) is 48.1 Å². The van der Waals surface area contributed by atoms with Crippen LogP contribution in [0, 0.1) is 0 Å². The third-order valence-electron chi connectivity index (χ3n) is 2.58. The van der Waals surface area contributed by atoms with Crippen LogP contribution in [0.2, 0.25) is 0 Å². The highest BCUT2D eigenvalue weighted by Gasteiger charge is 2.01. The van der Waals surface area contributed by atoms with Crippen LogP contribution < -0.4 is 10.5 Å². The number of ether oxygens (including phenoxy) is 1. The van der Waals surface area contributed by atoms with Gasteiger partial charge < -0.3 is 10.5 Å². The Hall–Kier alpha value is -1.87. The van der Waals surface area contributed by atoms with Crippen molar-refractivity contribution in [1.82, 2.24) is 4.98 Å². The second-order valence-corrected chi connectivity index (χ2v) is 4.45. The number of aromatic nitrogens is 1. The summed E-state index contributed by atoms with van der Waals surface area (Å²) in [6.45, 7) is 4.55.